The Kier molecular flexibility index (Phi) is 5.05. The Labute approximate surface area is 140 Å². The summed E-state index contributed by atoms with van der Waals surface area (Å²) in [6.07, 6.45) is 11.8. The van der Waals surface area contributed by atoms with E-state index < -0.39 is 0 Å². The summed E-state index contributed by atoms with van der Waals surface area (Å²) in [7, 11) is 0. The maximum absolute atomic E-state index is 5.60. The molecule has 0 aliphatic carbocycles. The van der Waals surface area contributed by atoms with Crippen LogP contribution in [0.25, 0.3) is 5.57 Å². The van der Waals surface area contributed by atoms with Gasteiger partial charge in [-0.1, -0.05) is 18.2 Å². The number of nitrogens with one attached hydrogen (secondary N) is 1. The largest absolute Gasteiger partial charge is 0.367 e. The van der Waals surface area contributed by atoms with Crippen LogP contribution in [0.4, 0.5) is 0 Å². The Morgan fingerprint density at radius 2 is 2.39 bits per heavy atom. The maximum atomic E-state index is 5.60. The van der Waals surface area contributed by atoms with Gasteiger partial charge in [-0.3, -0.25) is 5.43 Å². The highest BCUT2D eigenvalue weighted by atomic mass is 32.1. The van der Waals surface area contributed by atoms with Gasteiger partial charge in [0.25, 0.3) is 0 Å². The van der Waals surface area contributed by atoms with Crippen molar-refractivity contribution in [2.45, 2.75) is 12.8 Å². The number of rotatable bonds is 4. The van der Waals surface area contributed by atoms with Crippen molar-refractivity contribution in [3.05, 3.63) is 58.4 Å². The minimum Gasteiger partial charge on any atom is -0.367 e. The second-order valence-corrected chi connectivity index (χ2v) is 6.34. The number of likely N-dealkylation sites (tertiary alicyclic amines) is 1. The van der Waals surface area contributed by atoms with E-state index in [4.69, 9.17) is 5.73 Å². The molecule has 0 saturated carbocycles. The van der Waals surface area contributed by atoms with Crippen LogP contribution in [-0.4, -0.2) is 35.7 Å². The average molecular weight is 327 g/mol. The smallest absolute Gasteiger partial charge is 0.125 e. The van der Waals surface area contributed by atoms with E-state index in [0.717, 1.165) is 47.8 Å². The third kappa shape index (κ3) is 3.60. The zero-order valence-corrected chi connectivity index (χ0v) is 13.9. The molecule has 0 unspecified atom stereocenters. The molecule has 2 aliphatic heterocycles. The lowest BCUT2D eigenvalue weighted by Crippen LogP contribution is -2.21. The van der Waals surface area contributed by atoms with Crippen LogP contribution in [0.5, 0.6) is 0 Å². The lowest BCUT2D eigenvalue weighted by Gasteiger charge is -2.24. The highest BCUT2D eigenvalue weighted by Crippen LogP contribution is 2.32. The fourth-order valence-corrected chi connectivity index (χ4v) is 3.44. The first-order valence-electron chi connectivity index (χ1n) is 7.71. The Morgan fingerprint density at radius 1 is 1.48 bits per heavy atom. The van der Waals surface area contributed by atoms with Crippen molar-refractivity contribution in [1.82, 2.24) is 15.3 Å². The third-order valence-electron chi connectivity index (χ3n) is 3.92. The number of hydrogen-bond acceptors (Lipinski definition) is 6. The second-order valence-electron chi connectivity index (χ2n) is 5.44. The van der Waals surface area contributed by atoms with Crippen LogP contribution in [0.1, 0.15) is 17.8 Å². The number of hydrogen-bond donors (Lipinski definition) is 2. The minimum atomic E-state index is 0.703. The molecule has 3 heterocycles. The van der Waals surface area contributed by atoms with E-state index in [1.165, 1.54) is 5.57 Å². The van der Waals surface area contributed by atoms with Gasteiger partial charge in [0.15, 0.2) is 0 Å². The molecule has 0 atom stereocenters. The maximum Gasteiger partial charge on any atom is 0.125 e. The summed E-state index contributed by atoms with van der Waals surface area (Å²) in [5.74, 6) is 0. The van der Waals surface area contributed by atoms with Gasteiger partial charge in [0.1, 0.15) is 5.01 Å². The van der Waals surface area contributed by atoms with Crippen molar-refractivity contribution < 1.29 is 0 Å². The van der Waals surface area contributed by atoms with Gasteiger partial charge in [-0.25, -0.2) is 4.98 Å². The molecule has 120 valence electrons. The van der Waals surface area contributed by atoms with Gasteiger partial charge in [0.2, 0.25) is 0 Å². The molecule has 3 rings (SSSR count). The zero-order valence-electron chi connectivity index (χ0n) is 13.0. The molecule has 5 nitrogen and oxygen atoms in total. The van der Waals surface area contributed by atoms with E-state index in [-0.39, 0.29) is 0 Å². The number of nitrogens with zero attached hydrogens (tertiary/aromatic N) is 3. The fraction of sp³-hybridized carbons (Fsp3) is 0.294. The quantitative estimate of drug-likeness (QED) is 0.834. The Hall–Kier alpha value is -2.18. The minimum absolute atomic E-state index is 0.703. The normalized spacial score (nSPS) is 26.0. The van der Waals surface area contributed by atoms with E-state index in [9.17, 15) is 0 Å². The van der Waals surface area contributed by atoms with Crippen LogP contribution < -0.4 is 11.2 Å². The number of thiazole rings is 1. The van der Waals surface area contributed by atoms with E-state index in [2.05, 4.69) is 33.1 Å². The molecule has 1 aromatic rings. The van der Waals surface area contributed by atoms with Crippen molar-refractivity contribution >= 4 is 23.1 Å². The van der Waals surface area contributed by atoms with Crippen molar-refractivity contribution in [1.29, 1.82) is 0 Å². The van der Waals surface area contributed by atoms with E-state index in [0.29, 0.717) is 6.54 Å². The predicted octanol–water partition coefficient (Wildman–Crippen LogP) is 2.49. The first-order valence-corrected chi connectivity index (χ1v) is 8.59. The van der Waals surface area contributed by atoms with Crippen LogP contribution in [0, 0.1) is 0 Å². The van der Waals surface area contributed by atoms with Gasteiger partial charge in [0, 0.05) is 53.9 Å². The topological polar surface area (TPSA) is 66.5 Å². The average Bonchev–Trinajstić information content (AvgIpc) is 3.21. The summed E-state index contributed by atoms with van der Waals surface area (Å²) in [4.78, 5) is 6.76. The molecule has 0 spiro atoms. The zero-order chi connectivity index (χ0) is 16.1. The highest BCUT2D eigenvalue weighted by Gasteiger charge is 2.23. The van der Waals surface area contributed by atoms with Crippen LogP contribution in [0.2, 0.25) is 0 Å². The van der Waals surface area contributed by atoms with Gasteiger partial charge in [-0.05, 0) is 25.5 Å². The molecular formula is C17H21N5S. The van der Waals surface area contributed by atoms with E-state index in [1.807, 2.05) is 23.9 Å². The number of nitrogens with two attached hydrogens (primary N) is 1. The van der Waals surface area contributed by atoms with Crippen LogP contribution >= 0.6 is 11.3 Å². The SMILES string of the molecule is C=C1/C(c2nccs2)=C\N/N=C\C=C/1N1CC/C(=C/CCN)C1. The summed E-state index contributed by atoms with van der Waals surface area (Å²) in [5, 5.41) is 7.08. The molecule has 1 fully saturated rings. The number of aromatic nitrogens is 1. The van der Waals surface area contributed by atoms with Gasteiger partial charge >= 0.3 is 0 Å². The van der Waals surface area contributed by atoms with Gasteiger partial charge < -0.3 is 10.6 Å². The first kappa shape index (κ1) is 15.7. The summed E-state index contributed by atoms with van der Waals surface area (Å²) in [5.41, 5.74) is 13.0. The van der Waals surface area contributed by atoms with E-state index >= 15 is 0 Å². The molecule has 0 aromatic carbocycles. The number of hydrazone groups is 1. The molecule has 23 heavy (non-hydrogen) atoms. The summed E-state index contributed by atoms with van der Waals surface area (Å²) < 4.78 is 0. The second kappa shape index (κ2) is 7.39. The van der Waals surface area contributed by atoms with E-state index in [1.54, 1.807) is 17.6 Å². The Balaban J connectivity index is 1.84. The summed E-state index contributed by atoms with van der Waals surface area (Å²) in [6, 6.07) is 0. The standard InChI is InChI=1S/C17H21N5S/c1-13-15(17-19-8-10-23-17)11-21-20-7-4-16(13)22-9-5-14(12-22)3-2-6-18/h3-4,7-8,10-11,21H,1-2,5-6,9,12,18H2/b14-3-,15-11+,16-4+,20-7-. The van der Waals surface area contributed by atoms with Gasteiger partial charge in [-0.2, -0.15) is 5.10 Å². The third-order valence-corrected chi connectivity index (χ3v) is 4.73. The summed E-state index contributed by atoms with van der Waals surface area (Å²) in [6.45, 7) is 6.94. The number of allylic oxidation sites excluding steroid dienone is 2. The monoisotopic (exact) mass is 327 g/mol. The predicted molar refractivity (Wildman–Crippen MR) is 96.9 cm³/mol. The van der Waals surface area contributed by atoms with Crippen LogP contribution in [-0.2, 0) is 0 Å². The lowest BCUT2D eigenvalue weighted by atomic mass is 10.0. The van der Waals surface area contributed by atoms with Crippen LogP contribution in [0.3, 0.4) is 0 Å². The summed E-state index contributed by atoms with van der Waals surface area (Å²) >= 11 is 1.60. The molecule has 0 bridgehead atoms. The molecule has 0 radical (unpaired) electrons. The van der Waals surface area contributed by atoms with Crippen molar-refractivity contribution in [3.63, 3.8) is 0 Å². The lowest BCUT2D eigenvalue weighted by molar-refractivity contribution is 0.444. The molecule has 1 aromatic heterocycles. The molecule has 2 aliphatic rings. The van der Waals surface area contributed by atoms with Crippen molar-refractivity contribution in [2.24, 2.45) is 10.8 Å². The van der Waals surface area contributed by atoms with Crippen molar-refractivity contribution in [3.8, 4) is 0 Å². The molecule has 6 heteroatoms. The molecule has 0 amide bonds. The molecule has 1 saturated heterocycles. The first-order chi connectivity index (χ1) is 11.3. The van der Waals surface area contributed by atoms with Crippen molar-refractivity contribution in [2.75, 3.05) is 19.6 Å². The highest BCUT2D eigenvalue weighted by molar-refractivity contribution is 7.10. The molecular weight excluding hydrogens is 306 g/mol. The van der Waals surface area contributed by atoms with Crippen LogP contribution in [0.15, 0.2) is 58.5 Å². The van der Waals surface area contributed by atoms with Gasteiger partial charge in [-0.15, -0.1) is 11.3 Å². The van der Waals surface area contributed by atoms with Gasteiger partial charge in [0.05, 0.1) is 0 Å². The Morgan fingerprint density at radius 3 is 3.17 bits per heavy atom. The fourth-order valence-electron chi connectivity index (χ4n) is 2.76. The molecule has 3 N–H and O–H groups in total. The Bertz CT molecular complexity index is 682.